The van der Waals surface area contributed by atoms with Crippen LogP contribution in [0.1, 0.15) is 29.5 Å². The summed E-state index contributed by atoms with van der Waals surface area (Å²) in [6, 6.07) is 16.5. The van der Waals surface area contributed by atoms with Crippen molar-refractivity contribution in [1.82, 2.24) is 15.1 Å². The van der Waals surface area contributed by atoms with Gasteiger partial charge in [-0.05, 0) is 49.2 Å². The molecule has 1 aliphatic rings. The first-order valence-corrected chi connectivity index (χ1v) is 10.5. The van der Waals surface area contributed by atoms with Crippen LogP contribution in [0.2, 0.25) is 0 Å². The molecule has 1 amide bonds. The van der Waals surface area contributed by atoms with Gasteiger partial charge in [-0.3, -0.25) is 9.69 Å². The molecule has 3 rings (SSSR count). The van der Waals surface area contributed by atoms with Crippen LogP contribution in [0.25, 0.3) is 0 Å². The molecule has 0 bridgehead atoms. The fraction of sp³-hybridized carbons (Fsp3) is 0.458. The van der Waals surface area contributed by atoms with E-state index in [1.807, 2.05) is 31.2 Å². The Morgan fingerprint density at radius 1 is 1.03 bits per heavy atom. The van der Waals surface area contributed by atoms with Crippen molar-refractivity contribution in [2.45, 2.75) is 32.9 Å². The van der Waals surface area contributed by atoms with Gasteiger partial charge < -0.3 is 15.0 Å². The Bertz CT molecular complexity index is 785. The van der Waals surface area contributed by atoms with E-state index in [4.69, 9.17) is 4.74 Å². The van der Waals surface area contributed by atoms with Gasteiger partial charge in [-0.15, -0.1) is 0 Å². The largest absolute Gasteiger partial charge is 0.494 e. The van der Waals surface area contributed by atoms with Crippen LogP contribution in [0.3, 0.4) is 0 Å². The predicted octanol–water partition coefficient (Wildman–Crippen LogP) is 3.22. The van der Waals surface area contributed by atoms with E-state index < -0.39 is 0 Å². The Hall–Kier alpha value is -2.37. The minimum Gasteiger partial charge on any atom is -0.494 e. The molecule has 0 radical (unpaired) electrons. The number of nitrogens with zero attached hydrogens (tertiary/aromatic N) is 2. The van der Waals surface area contributed by atoms with Crippen molar-refractivity contribution in [3.05, 3.63) is 65.2 Å². The van der Waals surface area contributed by atoms with Gasteiger partial charge in [0, 0.05) is 45.7 Å². The molecular formula is C24H33N3O2. The maximum absolute atomic E-state index is 12.1. The molecule has 156 valence electrons. The van der Waals surface area contributed by atoms with Gasteiger partial charge in [-0.1, -0.05) is 36.4 Å². The van der Waals surface area contributed by atoms with E-state index in [1.54, 1.807) is 0 Å². The van der Waals surface area contributed by atoms with Crippen LogP contribution in [-0.4, -0.2) is 55.5 Å². The molecule has 0 aliphatic carbocycles. The van der Waals surface area contributed by atoms with Gasteiger partial charge in [0.1, 0.15) is 5.75 Å². The number of nitrogens with one attached hydrogen (secondary N) is 1. The molecule has 1 saturated heterocycles. The van der Waals surface area contributed by atoms with Crippen LogP contribution in [0, 0.1) is 6.92 Å². The molecule has 2 aromatic carbocycles. The molecule has 5 heteroatoms. The Morgan fingerprint density at radius 2 is 1.79 bits per heavy atom. The molecule has 0 atom stereocenters. The lowest BCUT2D eigenvalue weighted by atomic mass is 10.1. The van der Waals surface area contributed by atoms with Crippen LogP contribution in [-0.2, 0) is 17.9 Å². The fourth-order valence-corrected chi connectivity index (χ4v) is 3.52. The number of rotatable bonds is 9. The van der Waals surface area contributed by atoms with Gasteiger partial charge in [0.15, 0.2) is 0 Å². The third-order valence-electron chi connectivity index (χ3n) is 5.29. The maximum Gasteiger partial charge on any atom is 0.220 e. The second-order valence-corrected chi connectivity index (χ2v) is 7.94. The predicted molar refractivity (Wildman–Crippen MR) is 117 cm³/mol. The van der Waals surface area contributed by atoms with Crippen LogP contribution >= 0.6 is 0 Å². The standard InChI is InChI=1S/C24H33N3O2/c1-20-6-3-9-23(16-20)29-15-5-10-24(28)25-18-21-7-4-8-22(17-21)19-27-13-11-26(2)12-14-27/h3-4,6-9,16-17H,5,10-15,18-19H2,1-2H3,(H,25,28). The zero-order valence-electron chi connectivity index (χ0n) is 17.7. The summed E-state index contributed by atoms with van der Waals surface area (Å²) in [5, 5.41) is 3.03. The molecule has 29 heavy (non-hydrogen) atoms. The molecule has 2 aromatic rings. The highest BCUT2D eigenvalue weighted by molar-refractivity contribution is 5.75. The molecule has 1 heterocycles. The first-order chi connectivity index (χ1) is 14.1. The van der Waals surface area contributed by atoms with Gasteiger partial charge in [0.05, 0.1) is 6.61 Å². The number of carbonyl (C=O) groups is 1. The van der Waals surface area contributed by atoms with Gasteiger partial charge in [0.25, 0.3) is 0 Å². The number of benzene rings is 2. The smallest absolute Gasteiger partial charge is 0.220 e. The lowest BCUT2D eigenvalue weighted by molar-refractivity contribution is -0.121. The Kier molecular flexibility index (Phi) is 8.08. The Labute approximate surface area is 174 Å². The van der Waals surface area contributed by atoms with E-state index in [2.05, 4.69) is 46.4 Å². The summed E-state index contributed by atoms with van der Waals surface area (Å²) >= 11 is 0. The SMILES string of the molecule is Cc1cccc(OCCCC(=O)NCc2cccc(CN3CCN(C)CC3)c2)c1. The average molecular weight is 396 g/mol. The number of aryl methyl sites for hydroxylation is 1. The molecule has 0 saturated carbocycles. The van der Waals surface area contributed by atoms with Gasteiger partial charge in [-0.25, -0.2) is 0 Å². The number of piperazine rings is 1. The number of amides is 1. The summed E-state index contributed by atoms with van der Waals surface area (Å²) in [6.45, 7) is 8.63. The van der Waals surface area contributed by atoms with Crippen LogP contribution in [0.15, 0.2) is 48.5 Å². The highest BCUT2D eigenvalue weighted by atomic mass is 16.5. The van der Waals surface area contributed by atoms with Crippen molar-refractivity contribution >= 4 is 5.91 Å². The molecule has 0 spiro atoms. The van der Waals surface area contributed by atoms with Crippen molar-refractivity contribution in [3.8, 4) is 5.75 Å². The number of ether oxygens (including phenoxy) is 1. The summed E-state index contributed by atoms with van der Waals surface area (Å²) in [4.78, 5) is 17.0. The molecule has 1 aliphatic heterocycles. The quantitative estimate of drug-likeness (QED) is 0.662. The molecule has 1 fully saturated rings. The molecule has 5 nitrogen and oxygen atoms in total. The van der Waals surface area contributed by atoms with Crippen molar-refractivity contribution < 1.29 is 9.53 Å². The maximum atomic E-state index is 12.1. The van der Waals surface area contributed by atoms with Gasteiger partial charge in [-0.2, -0.15) is 0 Å². The van der Waals surface area contributed by atoms with Crippen molar-refractivity contribution in [1.29, 1.82) is 0 Å². The van der Waals surface area contributed by atoms with E-state index in [9.17, 15) is 4.79 Å². The second kappa shape index (κ2) is 11.0. The van der Waals surface area contributed by atoms with Gasteiger partial charge >= 0.3 is 0 Å². The molecule has 0 unspecified atom stereocenters. The zero-order valence-corrected chi connectivity index (χ0v) is 17.7. The summed E-state index contributed by atoms with van der Waals surface area (Å²) in [5.74, 6) is 0.935. The second-order valence-electron chi connectivity index (χ2n) is 7.94. The zero-order chi connectivity index (χ0) is 20.5. The topological polar surface area (TPSA) is 44.8 Å². The lowest BCUT2D eigenvalue weighted by Crippen LogP contribution is -2.43. The number of hydrogen-bond acceptors (Lipinski definition) is 4. The third kappa shape index (κ3) is 7.52. The summed E-state index contributed by atoms with van der Waals surface area (Å²) in [6.07, 6.45) is 1.19. The first-order valence-electron chi connectivity index (χ1n) is 10.5. The highest BCUT2D eigenvalue weighted by Crippen LogP contribution is 2.13. The molecule has 1 N–H and O–H groups in total. The monoisotopic (exact) mass is 395 g/mol. The summed E-state index contributed by atoms with van der Waals surface area (Å²) < 4.78 is 5.71. The first kappa shape index (κ1) is 21.3. The van der Waals surface area contributed by atoms with Crippen molar-refractivity contribution in [2.75, 3.05) is 39.8 Å². The lowest BCUT2D eigenvalue weighted by Gasteiger charge is -2.32. The van der Waals surface area contributed by atoms with Crippen molar-refractivity contribution in [2.24, 2.45) is 0 Å². The van der Waals surface area contributed by atoms with E-state index in [1.165, 1.54) is 11.1 Å². The summed E-state index contributed by atoms with van der Waals surface area (Å²) in [5.41, 5.74) is 3.64. The highest BCUT2D eigenvalue weighted by Gasteiger charge is 2.13. The molecular weight excluding hydrogens is 362 g/mol. The van der Waals surface area contributed by atoms with Crippen molar-refractivity contribution in [3.63, 3.8) is 0 Å². The van der Waals surface area contributed by atoms with Gasteiger partial charge in [0.2, 0.25) is 5.91 Å². The van der Waals surface area contributed by atoms with E-state index in [0.29, 0.717) is 26.0 Å². The fourth-order valence-electron chi connectivity index (χ4n) is 3.52. The van der Waals surface area contributed by atoms with Crippen LogP contribution < -0.4 is 10.1 Å². The summed E-state index contributed by atoms with van der Waals surface area (Å²) in [7, 11) is 2.18. The van der Waals surface area contributed by atoms with E-state index in [-0.39, 0.29) is 5.91 Å². The third-order valence-corrected chi connectivity index (χ3v) is 5.29. The normalized spacial score (nSPS) is 15.2. The number of carbonyl (C=O) groups excluding carboxylic acids is 1. The number of likely N-dealkylation sites (N-methyl/N-ethyl adjacent to an activating group) is 1. The minimum atomic E-state index is 0.0716. The van der Waals surface area contributed by atoms with Crippen LogP contribution in [0.5, 0.6) is 5.75 Å². The Morgan fingerprint density at radius 3 is 2.59 bits per heavy atom. The molecule has 0 aromatic heterocycles. The average Bonchev–Trinajstić information content (AvgIpc) is 2.72. The van der Waals surface area contributed by atoms with E-state index in [0.717, 1.165) is 44.0 Å². The number of hydrogen-bond donors (Lipinski definition) is 1. The minimum absolute atomic E-state index is 0.0716. The van der Waals surface area contributed by atoms with E-state index >= 15 is 0 Å². The van der Waals surface area contributed by atoms with Crippen LogP contribution in [0.4, 0.5) is 0 Å². The Balaban J connectivity index is 1.35.